The second kappa shape index (κ2) is 3.73. The van der Waals surface area contributed by atoms with Crippen LogP contribution in [-0.4, -0.2) is 10.5 Å². The van der Waals surface area contributed by atoms with Gasteiger partial charge in [0.25, 0.3) is 0 Å². The van der Waals surface area contributed by atoms with E-state index >= 15 is 0 Å². The summed E-state index contributed by atoms with van der Waals surface area (Å²) < 4.78 is 0. The molecule has 2 nitrogen and oxygen atoms in total. The van der Waals surface area contributed by atoms with Crippen LogP contribution >= 0.6 is 23.2 Å². The Morgan fingerprint density at radius 1 is 0.722 bits per heavy atom. The SMILES string of the molecule is O=C(Cl)C1CC2CC1C1C3CC(CC3C(=O)Cl)C21. The molecule has 4 heteroatoms. The summed E-state index contributed by atoms with van der Waals surface area (Å²) >= 11 is 11.5. The summed E-state index contributed by atoms with van der Waals surface area (Å²) in [5.74, 6) is 3.70. The van der Waals surface area contributed by atoms with Crippen LogP contribution in [0.25, 0.3) is 0 Å². The third-order valence-corrected chi connectivity index (χ3v) is 6.96. The molecule has 0 aliphatic heterocycles. The van der Waals surface area contributed by atoms with E-state index in [1.165, 1.54) is 0 Å². The lowest BCUT2D eigenvalue weighted by Crippen LogP contribution is -2.38. The van der Waals surface area contributed by atoms with E-state index in [4.69, 9.17) is 23.2 Å². The Morgan fingerprint density at radius 2 is 1.17 bits per heavy atom. The molecular weight excluding hydrogens is 271 g/mol. The van der Waals surface area contributed by atoms with Crippen molar-refractivity contribution in [2.24, 2.45) is 47.3 Å². The number of hydrogen-bond donors (Lipinski definition) is 0. The van der Waals surface area contributed by atoms with Gasteiger partial charge in [0.2, 0.25) is 10.5 Å². The van der Waals surface area contributed by atoms with Gasteiger partial charge < -0.3 is 0 Å². The van der Waals surface area contributed by atoms with Crippen molar-refractivity contribution in [1.82, 2.24) is 0 Å². The van der Waals surface area contributed by atoms with E-state index < -0.39 is 0 Å². The number of carbonyl (C=O) groups excluding carboxylic acids is 2. The van der Waals surface area contributed by atoms with Gasteiger partial charge in [-0.15, -0.1) is 0 Å². The van der Waals surface area contributed by atoms with Gasteiger partial charge in [-0.3, -0.25) is 9.59 Å². The molecule has 4 aliphatic rings. The maximum absolute atomic E-state index is 11.5. The van der Waals surface area contributed by atoms with Gasteiger partial charge in [-0.25, -0.2) is 0 Å². The smallest absolute Gasteiger partial charge is 0.225 e. The van der Waals surface area contributed by atoms with E-state index in [1.54, 1.807) is 0 Å². The molecule has 18 heavy (non-hydrogen) atoms. The highest BCUT2D eigenvalue weighted by atomic mass is 35.5. The molecule has 0 aromatic carbocycles. The zero-order valence-electron chi connectivity index (χ0n) is 10.0. The molecule has 0 N–H and O–H groups in total. The second-order valence-corrected chi connectivity index (χ2v) is 7.51. The van der Waals surface area contributed by atoms with Crippen LogP contribution in [-0.2, 0) is 9.59 Å². The first kappa shape index (κ1) is 11.7. The fourth-order valence-corrected chi connectivity index (χ4v) is 6.63. The lowest BCUT2D eigenvalue weighted by molar-refractivity contribution is -0.120. The molecule has 0 radical (unpaired) electrons. The summed E-state index contributed by atoms with van der Waals surface area (Å²) in [4.78, 5) is 23.0. The van der Waals surface area contributed by atoms with Crippen molar-refractivity contribution in [2.45, 2.75) is 25.7 Å². The molecule has 4 rings (SSSR count). The standard InChI is InChI=1S/C14H16Cl2O2/c15-13(17)9-3-5-1-7(9)12-8-2-6(11(5)12)4-10(8)14(16)18/h5-12H,1-4H2. The van der Waals surface area contributed by atoms with Gasteiger partial charge in [0.1, 0.15) is 0 Å². The highest BCUT2D eigenvalue weighted by Gasteiger charge is 2.66. The molecule has 6 atom stereocenters. The Kier molecular flexibility index (Phi) is 2.43. The predicted molar refractivity (Wildman–Crippen MR) is 68.1 cm³/mol. The van der Waals surface area contributed by atoms with E-state index in [9.17, 15) is 9.59 Å². The van der Waals surface area contributed by atoms with E-state index in [0.29, 0.717) is 29.6 Å². The molecule has 4 bridgehead atoms. The van der Waals surface area contributed by atoms with Crippen LogP contribution in [0.5, 0.6) is 0 Å². The van der Waals surface area contributed by atoms with Crippen molar-refractivity contribution in [1.29, 1.82) is 0 Å². The van der Waals surface area contributed by atoms with Gasteiger partial charge in [0, 0.05) is 11.8 Å². The van der Waals surface area contributed by atoms with Gasteiger partial charge >= 0.3 is 0 Å². The first-order valence-corrected chi connectivity index (χ1v) is 7.72. The fraction of sp³-hybridized carbons (Fsp3) is 0.857. The minimum absolute atomic E-state index is 0.0587. The quantitative estimate of drug-likeness (QED) is 0.578. The summed E-state index contributed by atoms with van der Waals surface area (Å²) in [6.45, 7) is 0. The maximum atomic E-state index is 11.5. The lowest BCUT2D eigenvalue weighted by atomic mass is 9.65. The van der Waals surface area contributed by atoms with Gasteiger partial charge in [0.15, 0.2) is 0 Å². The molecule has 0 saturated heterocycles. The van der Waals surface area contributed by atoms with Crippen molar-refractivity contribution in [3.8, 4) is 0 Å². The summed E-state index contributed by atoms with van der Waals surface area (Å²) in [5, 5.41) is -0.310. The maximum Gasteiger partial charge on any atom is 0.225 e. The first-order chi connectivity index (χ1) is 8.58. The molecule has 0 aromatic heterocycles. The van der Waals surface area contributed by atoms with Crippen LogP contribution in [0.2, 0.25) is 0 Å². The fourth-order valence-electron chi connectivity index (χ4n) is 6.13. The average Bonchev–Trinajstić information content (AvgIpc) is 3.05. The normalized spacial score (nSPS) is 55.9. The van der Waals surface area contributed by atoms with Gasteiger partial charge in [0.05, 0.1) is 0 Å². The van der Waals surface area contributed by atoms with Gasteiger partial charge in [-0.05, 0) is 84.4 Å². The zero-order valence-corrected chi connectivity index (χ0v) is 11.5. The number of rotatable bonds is 2. The van der Waals surface area contributed by atoms with Crippen LogP contribution in [0.15, 0.2) is 0 Å². The summed E-state index contributed by atoms with van der Waals surface area (Å²) in [5.41, 5.74) is 0. The first-order valence-electron chi connectivity index (χ1n) is 6.96. The Morgan fingerprint density at radius 3 is 1.56 bits per heavy atom. The van der Waals surface area contributed by atoms with Crippen molar-refractivity contribution in [2.75, 3.05) is 0 Å². The number of fused-ring (bicyclic) bond motifs is 9. The second-order valence-electron chi connectivity index (χ2n) is 6.77. The Hall–Kier alpha value is -0.0800. The largest absolute Gasteiger partial charge is 0.281 e. The van der Waals surface area contributed by atoms with Crippen LogP contribution in [0.1, 0.15) is 25.7 Å². The van der Waals surface area contributed by atoms with Crippen LogP contribution in [0.3, 0.4) is 0 Å². The molecule has 4 saturated carbocycles. The van der Waals surface area contributed by atoms with E-state index in [1.807, 2.05) is 0 Å². The molecule has 6 unspecified atom stereocenters. The molecule has 0 aromatic rings. The van der Waals surface area contributed by atoms with Gasteiger partial charge in [-0.1, -0.05) is 0 Å². The number of carbonyl (C=O) groups is 2. The minimum Gasteiger partial charge on any atom is -0.281 e. The van der Waals surface area contributed by atoms with Gasteiger partial charge in [-0.2, -0.15) is 0 Å². The molecule has 4 aliphatic carbocycles. The van der Waals surface area contributed by atoms with Crippen molar-refractivity contribution >= 4 is 33.7 Å². The summed E-state index contributed by atoms with van der Waals surface area (Å²) in [7, 11) is 0. The zero-order chi connectivity index (χ0) is 12.6. The molecule has 0 amide bonds. The third-order valence-electron chi connectivity index (χ3n) is 6.40. The highest BCUT2D eigenvalue weighted by Crippen LogP contribution is 2.70. The highest BCUT2D eigenvalue weighted by molar-refractivity contribution is 6.64. The van der Waals surface area contributed by atoms with E-state index in [2.05, 4.69) is 0 Å². The predicted octanol–water partition coefficient (Wildman–Crippen LogP) is 3.06. The molecule has 98 valence electrons. The topological polar surface area (TPSA) is 34.1 Å². The van der Waals surface area contributed by atoms with E-state index in [0.717, 1.165) is 31.6 Å². The number of hydrogen-bond acceptors (Lipinski definition) is 2. The van der Waals surface area contributed by atoms with Crippen molar-refractivity contribution in [3.05, 3.63) is 0 Å². The Labute approximate surface area is 116 Å². The Bertz CT molecular complexity index is 398. The molecular formula is C14H16Cl2O2. The molecule has 0 spiro atoms. The third kappa shape index (κ3) is 1.31. The van der Waals surface area contributed by atoms with E-state index in [-0.39, 0.29) is 22.3 Å². The summed E-state index contributed by atoms with van der Waals surface area (Å²) in [6, 6.07) is 0. The lowest BCUT2D eigenvalue weighted by Gasteiger charge is -2.39. The molecule has 4 fully saturated rings. The van der Waals surface area contributed by atoms with Crippen LogP contribution in [0, 0.1) is 47.3 Å². The van der Waals surface area contributed by atoms with Crippen molar-refractivity contribution < 1.29 is 9.59 Å². The monoisotopic (exact) mass is 286 g/mol. The van der Waals surface area contributed by atoms with Crippen LogP contribution in [0.4, 0.5) is 0 Å². The number of halogens is 2. The summed E-state index contributed by atoms with van der Waals surface area (Å²) in [6.07, 6.45) is 4.32. The minimum atomic E-state index is -0.155. The Balaban J connectivity index is 1.65. The van der Waals surface area contributed by atoms with Crippen LogP contribution < -0.4 is 0 Å². The average molecular weight is 287 g/mol. The molecule has 0 heterocycles. The van der Waals surface area contributed by atoms with Crippen molar-refractivity contribution in [3.63, 3.8) is 0 Å².